The van der Waals surface area contributed by atoms with Gasteiger partial charge in [0.25, 0.3) is 0 Å². The summed E-state index contributed by atoms with van der Waals surface area (Å²) in [5.41, 5.74) is 1.10. The van der Waals surface area contributed by atoms with E-state index in [9.17, 15) is 8.42 Å². The van der Waals surface area contributed by atoms with Gasteiger partial charge in [0, 0.05) is 6.54 Å². The molecule has 0 spiro atoms. The number of nitrogens with zero attached hydrogens (tertiary/aromatic N) is 2. The van der Waals surface area contributed by atoms with Crippen molar-refractivity contribution in [3.05, 3.63) is 29.8 Å². The Morgan fingerprint density at radius 2 is 2.06 bits per heavy atom. The van der Waals surface area contributed by atoms with E-state index in [4.69, 9.17) is 5.26 Å². The Morgan fingerprint density at radius 3 is 2.61 bits per heavy atom. The first-order valence-corrected chi connectivity index (χ1v) is 7.54. The van der Waals surface area contributed by atoms with E-state index in [0.29, 0.717) is 13.0 Å². The van der Waals surface area contributed by atoms with E-state index < -0.39 is 16.1 Å². The maximum absolute atomic E-state index is 12.4. The molecule has 4 nitrogen and oxygen atoms in total. The molecule has 1 aliphatic heterocycles. The lowest BCUT2D eigenvalue weighted by atomic mass is 10.2. The molecule has 1 aromatic rings. The van der Waals surface area contributed by atoms with Gasteiger partial charge in [-0.05, 0) is 37.0 Å². The summed E-state index contributed by atoms with van der Waals surface area (Å²) < 4.78 is 26.1. The van der Waals surface area contributed by atoms with Gasteiger partial charge in [-0.2, -0.15) is 9.57 Å². The zero-order valence-corrected chi connectivity index (χ0v) is 11.2. The van der Waals surface area contributed by atoms with Crippen LogP contribution >= 0.6 is 0 Å². The number of rotatable bonds is 3. The maximum Gasteiger partial charge on any atom is 0.244 e. The van der Waals surface area contributed by atoms with Crippen LogP contribution < -0.4 is 0 Å². The van der Waals surface area contributed by atoms with E-state index in [1.54, 1.807) is 12.1 Å². The number of sulfonamides is 1. The first-order valence-electron chi connectivity index (χ1n) is 6.10. The number of aryl methyl sites for hydroxylation is 1. The molecule has 0 aromatic heterocycles. The molecule has 1 atom stereocenters. The first kappa shape index (κ1) is 13.1. The molecule has 5 heteroatoms. The summed E-state index contributed by atoms with van der Waals surface area (Å²) in [6.45, 7) is 2.46. The third-order valence-electron chi connectivity index (χ3n) is 3.29. The minimum absolute atomic E-state index is 0.279. The number of hydrogen-bond donors (Lipinski definition) is 0. The molecular weight excluding hydrogens is 248 g/mol. The van der Waals surface area contributed by atoms with Crippen LogP contribution in [0.5, 0.6) is 0 Å². The molecule has 1 fully saturated rings. The lowest BCUT2D eigenvalue weighted by molar-refractivity contribution is 0.437. The van der Waals surface area contributed by atoms with Crippen molar-refractivity contribution in [3.8, 4) is 6.07 Å². The van der Waals surface area contributed by atoms with Gasteiger partial charge in [-0.15, -0.1) is 0 Å². The standard InChI is InChI=1S/C13H16N2O2S/c1-2-11-5-7-13(8-6-11)18(16,17)15-9-3-4-12(15)10-14/h5-8,12H,2-4,9H2,1H3. The molecule has 18 heavy (non-hydrogen) atoms. The maximum atomic E-state index is 12.4. The highest BCUT2D eigenvalue weighted by atomic mass is 32.2. The van der Waals surface area contributed by atoms with Gasteiger partial charge in [0.15, 0.2) is 0 Å². The molecule has 2 rings (SSSR count). The smallest absolute Gasteiger partial charge is 0.207 e. The minimum Gasteiger partial charge on any atom is -0.207 e. The third-order valence-corrected chi connectivity index (χ3v) is 5.21. The molecule has 0 bridgehead atoms. The van der Waals surface area contributed by atoms with E-state index in [2.05, 4.69) is 6.07 Å². The molecule has 0 amide bonds. The predicted molar refractivity (Wildman–Crippen MR) is 68.3 cm³/mol. The van der Waals surface area contributed by atoms with Crippen LogP contribution in [0.1, 0.15) is 25.3 Å². The Morgan fingerprint density at radius 1 is 1.39 bits per heavy atom. The Hall–Kier alpha value is -1.38. The molecule has 0 radical (unpaired) electrons. The van der Waals surface area contributed by atoms with Gasteiger partial charge in [-0.3, -0.25) is 0 Å². The van der Waals surface area contributed by atoms with Crippen LogP contribution in [0, 0.1) is 11.3 Å². The molecule has 1 aromatic carbocycles. The summed E-state index contributed by atoms with van der Waals surface area (Å²) in [4.78, 5) is 0.279. The van der Waals surface area contributed by atoms with E-state index in [-0.39, 0.29) is 4.90 Å². The minimum atomic E-state index is -3.51. The molecule has 1 saturated heterocycles. The van der Waals surface area contributed by atoms with Crippen LogP contribution in [-0.4, -0.2) is 25.3 Å². The summed E-state index contributed by atoms with van der Waals surface area (Å²) in [7, 11) is -3.51. The van der Waals surface area contributed by atoms with Crippen LogP contribution in [0.15, 0.2) is 29.2 Å². The summed E-state index contributed by atoms with van der Waals surface area (Å²) >= 11 is 0. The summed E-state index contributed by atoms with van der Waals surface area (Å²) in [6, 6.07) is 8.45. The molecule has 0 N–H and O–H groups in total. The van der Waals surface area contributed by atoms with Crippen molar-refractivity contribution in [2.24, 2.45) is 0 Å². The van der Waals surface area contributed by atoms with Crippen LogP contribution in [0.4, 0.5) is 0 Å². The second-order valence-corrected chi connectivity index (χ2v) is 6.29. The summed E-state index contributed by atoms with van der Waals surface area (Å²) in [5, 5.41) is 8.97. The average Bonchev–Trinajstić information content (AvgIpc) is 2.88. The van der Waals surface area contributed by atoms with Crippen molar-refractivity contribution < 1.29 is 8.42 Å². The fraction of sp³-hybridized carbons (Fsp3) is 0.462. The van der Waals surface area contributed by atoms with Crippen molar-refractivity contribution >= 4 is 10.0 Å². The number of hydrogen-bond acceptors (Lipinski definition) is 3. The highest BCUT2D eigenvalue weighted by Crippen LogP contribution is 2.25. The van der Waals surface area contributed by atoms with Gasteiger partial charge < -0.3 is 0 Å². The van der Waals surface area contributed by atoms with Crippen molar-refractivity contribution in [3.63, 3.8) is 0 Å². The van der Waals surface area contributed by atoms with Crippen molar-refractivity contribution in [2.45, 2.75) is 37.1 Å². The normalized spacial score (nSPS) is 20.8. The van der Waals surface area contributed by atoms with Gasteiger partial charge in [-0.1, -0.05) is 19.1 Å². The van der Waals surface area contributed by atoms with Crippen LogP contribution in [0.3, 0.4) is 0 Å². The monoisotopic (exact) mass is 264 g/mol. The summed E-state index contributed by atoms with van der Waals surface area (Å²) in [6.07, 6.45) is 2.26. The predicted octanol–water partition coefficient (Wildman–Crippen LogP) is 1.93. The largest absolute Gasteiger partial charge is 0.244 e. The Labute approximate surface area is 108 Å². The SMILES string of the molecule is CCc1ccc(S(=O)(=O)N2CCCC2C#N)cc1. The lowest BCUT2D eigenvalue weighted by Gasteiger charge is -2.19. The van der Waals surface area contributed by atoms with Gasteiger partial charge in [0.05, 0.1) is 11.0 Å². The van der Waals surface area contributed by atoms with E-state index in [1.807, 2.05) is 19.1 Å². The van der Waals surface area contributed by atoms with E-state index >= 15 is 0 Å². The number of nitriles is 1. The van der Waals surface area contributed by atoms with E-state index in [1.165, 1.54) is 4.31 Å². The van der Waals surface area contributed by atoms with E-state index in [0.717, 1.165) is 18.4 Å². The van der Waals surface area contributed by atoms with Gasteiger partial charge in [-0.25, -0.2) is 8.42 Å². The quantitative estimate of drug-likeness (QED) is 0.838. The Balaban J connectivity index is 2.33. The molecule has 0 aliphatic carbocycles. The second kappa shape index (κ2) is 5.09. The van der Waals surface area contributed by atoms with Gasteiger partial charge >= 0.3 is 0 Å². The van der Waals surface area contributed by atoms with Crippen molar-refractivity contribution in [1.29, 1.82) is 5.26 Å². The highest BCUT2D eigenvalue weighted by Gasteiger charge is 2.35. The van der Waals surface area contributed by atoms with Gasteiger partial charge in [0.1, 0.15) is 6.04 Å². The molecular formula is C13H16N2O2S. The molecule has 96 valence electrons. The zero-order chi connectivity index (χ0) is 13.2. The Kier molecular flexibility index (Phi) is 3.69. The topological polar surface area (TPSA) is 61.2 Å². The zero-order valence-electron chi connectivity index (χ0n) is 10.3. The van der Waals surface area contributed by atoms with Gasteiger partial charge in [0.2, 0.25) is 10.0 Å². The fourth-order valence-electron chi connectivity index (χ4n) is 2.19. The van der Waals surface area contributed by atoms with Crippen LogP contribution in [0.2, 0.25) is 0 Å². The van der Waals surface area contributed by atoms with Crippen molar-refractivity contribution in [2.75, 3.05) is 6.54 Å². The second-order valence-electron chi connectivity index (χ2n) is 4.40. The first-order chi connectivity index (χ1) is 8.59. The fourth-order valence-corrected chi connectivity index (χ4v) is 3.80. The average molecular weight is 264 g/mol. The van der Waals surface area contributed by atoms with Crippen LogP contribution in [-0.2, 0) is 16.4 Å². The molecule has 1 aliphatic rings. The molecule has 1 heterocycles. The molecule has 0 saturated carbocycles. The highest BCUT2D eigenvalue weighted by molar-refractivity contribution is 7.89. The number of benzene rings is 1. The van der Waals surface area contributed by atoms with Crippen molar-refractivity contribution in [1.82, 2.24) is 4.31 Å². The summed E-state index contributed by atoms with van der Waals surface area (Å²) in [5.74, 6) is 0. The third kappa shape index (κ3) is 2.26. The Bertz CT molecular complexity index is 558. The molecule has 1 unspecified atom stereocenters. The lowest BCUT2D eigenvalue weighted by Crippen LogP contribution is -2.34. The van der Waals surface area contributed by atoms with Crippen LogP contribution in [0.25, 0.3) is 0 Å².